The minimum Gasteiger partial charge on any atom is -0.493 e. The lowest BCUT2D eigenvalue weighted by Crippen LogP contribution is -2.13. The highest BCUT2D eigenvalue weighted by molar-refractivity contribution is 6.08. The number of benzene rings is 4. The normalized spacial score (nSPS) is 16.9. The van der Waals surface area contributed by atoms with Crippen molar-refractivity contribution < 1.29 is 90.1 Å². The number of ether oxygens (including phenoxy) is 18. The SMILES string of the molecule is CCCCCCOC(=O)CCCCCOc1cc2c3nc4nc(nc5[nH]c(nc6nc(nc([nH]3)c2cc1OC)-c1cc2c(cc1-6)OCCOCCOCCOCCO2)c1cc2c(cc51)OCCOCCOCCOCCO2)-c1cc2c(cc1-4)OCCOCCOCCOCCO2. The molecular weight excluding hydrogens is 1240 g/mol. The Balaban J connectivity index is 1.04. The van der Waals surface area contributed by atoms with Crippen LogP contribution in [0.1, 0.15) is 58.3 Å². The smallest absolute Gasteiger partial charge is 0.305 e. The highest BCUT2D eigenvalue weighted by Gasteiger charge is 2.28. The van der Waals surface area contributed by atoms with Gasteiger partial charge in [-0.05, 0) is 74.2 Å². The molecule has 2 N–H and O–H groups in total. The zero-order valence-electron chi connectivity index (χ0n) is 54.6. The van der Waals surface area contributed by atoms with E-state index >= 15 is 0 Å². The van der Waals surface area contributed by atoms with Crippen LogP contribution in [0.4, 0.5) is 0 Å². The van der Waals surface area contributed by atoms with Gasteiger partial charge in [0.05, 0.1) is 139 Å². The molecule has 96 heavy (non-hydrogen) atoms. The number of hydrogen-bond acceptors (Lipinski definition) is 25. The van der Waals surface area contributed by atoms with Crippen molar-refractivity contribution in [1.82, 2.24) is 39.9 Å². The van der Waals surface area contributed by atoms with Crippen molar-refractivity contribution in [3.8, 4) is 91.5 Å². The van der Waals surface area contributed by atoms with Crippen LogP contribution in [0.2, 0.25) is 0 Å². The number of methoxy groups -OCH3 is 1. The van der Waals surface area contributed by atoms with Crippen molar-refractivity contribution in [2.24, 2.45) is 0 Å². The molecule has 3 aromatic heterocycles. The lowest BCUT2D eigenvalue weighted by molar-refractivity contribution is -0.143. The summed E-state index contributed by atoms with van der Waals surface area (Å²) < 4.78 is 109. The molecule has 8 heterocycles. The van der Waals surface area contributed by atoms with E-state index in [2.05, 4.69) is 16.9 Å². The maximum absolute atomic E-state index is 12.5. The number of carbonyl (C=O) groups excluding carboxylic acids is 1. The number of esters is 1. The van der Waals surface area contributed by atoms with Gasteiger partial charge < -0.3 is 95.2 Å². The van der Waals surface area contributed by atoms with Crippen LogP contribution in [-0.4, -0.2) is 225 Å². The van der Waals surface area contributed by atoms with Gasteiger partial charge in [-0.2, -0.15) is 0 Å². The molecule has 5 aliphatic rings. The Kier molecular flexibility index (Phi) is 24.8. The molecule has 0 spiro atoms. The number of aromatic amines is 2. The van der Waals surface area contributed by atoms with Crippen molar-refractivity contribution in [2.45, 2.75) is 58.3 Å². The van der Waals surface area contributed by atoms with Gasteiger partial charge in [-0.3, -0.25) is 4.79 Å². The molecule has 4 aromatic carbocycles. The van der Waals surface area contributed by atoms with Gasteiger partial charge in [-0.15, -0.1) is 0 Å². The van der Waals surface area contributed by atoms with Gasteiger partial charge in [0.15, 0.2) is 69.3 Å². The molecule has 0 unspecified atom stereocenters. The van der Waals surface area contributed by atoms with E-state index in [0.29, 0.717) is 256 Å². The molecule has 0 amide bonds. The molecule has 12 rings (SSSR count). The Bertz CT molecular complexity index is 3900. The maximum atomic E-state index is 12.5. The second-order valence-corrected chi connectivity index (χ2v) is 22.7. The second-order valence-electron chi connectivity index (χ2n) is 22.7. The van der Waals surface area contributed by atoms with Crippen molar-refractivity contribution in [2.75, 3.05) is 179 Å². The number of rotatable bonds is 13. The Labute approximate surface area is 555 Å². The first-order valence-electron chi connectivity index (χ1n) is 33.3. The molecule has 0 fully saturated rings. The number of unbranched alkanes of at least 4 members (excludes halogenated alkanes) is 5. The third-order valence-corrected chi connectivity index (χ3v) is 16.0. The van der Waals surface area contributed by atoms with E-state index in [0.717, 1.165) is 32.1 Å². The number of nitrogens with one attached hydrogen (secondary N) is 2. The van der Waals surface area contributed by atoms with Crippen molar-refractivity contribution in [1.29, 1.82) is 0 Å². The average Bonchev–Trinajstić information content (AvgIpc) is 1.60. The van der Waals surface area contributed by atoms with Crippen molar-refractivity contribution in [3.05, 3.63) is 48.5 Å². The Morgan fingerprint density at radius 1 is 0.354 bits per heavy atom. The van der Waals surface area contributed by atoms with Crippen LogP contribution < -0.4 is 37.9 Å². The van der Waals surface area contributed by atoms with Gasteiger partial charge in [-0.1, -0.05) is 26.2 Å². The third kappa shape index (κ3) is 17.9. The molecule has 0 saturated heterocycles. The first kappa shape index (κ1) is 67.7. The maximum Gasteiger partial charge on any atom is 0.305 e. The monoisotopic (exact) mass is 1330 g/mol. The van der Waals surface area contributed by atoms with E-state index in [1.807, 2.05) is 48.5 Å². The third-order valence-electron chi connectivity index (χ3n) is 16.0. The summed E-state index contributed by atoms with van der Waals surface area (Å²) in [7, 11) is 1.59. The first-order chi connectivity index (χ1) is 47.5. The van der Waals surface area contributed by atoms with Gasteiger partial charge in [0, 0.05) is 50.2 Å². The molecule has 7 aromatic rings. The average molecular weight is 1330 g/mol. The van der Waals surface area contributed by atoms with Crippen LogP contribution in [0.3, 0.4) is 0 Å². The molecule has 0 atom stereocenters. The topological polar surface area (TPSA) is 292 Å². The second kappa shape index (κ2) is 35.1. The highest BCUT2D eigenvalue weighted by Crippen LogP contribution is 2.46. The Hall–Kier alpha value is -8.25. The van der Waals surface area contributed by atoms with Crippen LogP contribution in [0.5, 0.6) is 46.0 Å². The number of carbonyl (C=O) groups is 1. The predicted molar refractivity (Wildman–Crippen MR) is 352 cm³/mol. The first-order valence-corrected chi connectivity index (χ1v) is 33.3. The van der Waals surface area contributed by atoms with E-state index in [9.17, 15) is 4.79 Å². The Morgan fingerprint density at radius 2 is 0.656 bits per heavy atom. The van der Waals surface area contributed by atoms with Crippen molar-refractivity contribution in [3.63, 3.8) is 0 Å². The summed E-state index contributed by atoms with van der Waals surface area (Å²) in [4.78, 5) is 51.8. The largest absolute Gasteiger partial charge is 0.493 e. The quantitative estimate of drug-likeness (QED) is 0.0802. The summed E-state index contributed by atoms with van der Waals surface area (Å²) >= 11 is 0. The van der Waals surface area contributed by atoms with Gasteiger partial charge >= 0.3 is 5.97 Å². The van der Waals surface area contributed by atoms with Gasteiger partial charge in [-0.25, -0.2) is 29.9 Å². The minimum atomic E-state index is -0.180. The molecule has 0 aliphatic carbocycles. The summed E-state index contributed by atoms with van der Waals surface area (Å²) in [6.07, 6.45) is 6.61. The van der Waals surface area contributed by atoms with E-state index in [1.165, 1.54) is 0 Å². The zero-order valence-corrected chi connectivity index (χ0v) is 54.6. The standard InChI is InChI=1S/C69H84N8O19/c1-3-4-5-8-12-96-61(78)10-7-6-9-11-89-54-38-46-45(37-53(54)79-2)62-70-63(46)72-65-49-41-57-58(93-34-28-86-22-16-81-15-21-85-27-33-92-57)42-50(49)67(74-65)76-69-52-44-60-59(94-35-29-87-23-17-82-18-24-88-30-36-95-60)43-51(52)68(77-69)75-66-48-40-56-55(39-47(48)64(71-62)73-66)90-31-25-83-19-13-80-14-20-84-26-32-91-56/h37-44H,3-36H2,1-2H3,(H2,70,71,72,73,74,75,76,77). The summed E-state index contributed by atoms with van der Waals surface area (Å²) in [5.41, 5.74) is 3.86. The van der Waals surface area contributed by atoms with Crippen LogP contribution in [0.25, 0.3) is 89.7 Å². The summed E-state index contributed by atoms with van der Waals surface area (Å²) in [5.74, 6) is 4.46. The van der Waals surface area contributed by atoms with Gasteiger partial charge in [0.25, 0.3) is 0 Å². The van der Waals surface area contributed by atoms with Crippen LogP contribution in [-0.2, 0) is 52.2 Å². The number of hydrogen-bond donors (Lipinski definition) is 2. The van der Waals surface area contributed by atoms with E-state index in [4.69, 9.17) is 115 Å². The van der Waals surface area contributed by atoms with Crippen LogP contribution >= 0.6 is 0 Å². The van der Waals surface area contributed by atoms with Crippen LogP contribution in [0, 0.1) is 0 Å². The molecular formula is C69H84N8O19. The Morgan fingerprint density at radius 3 is 1.00 bits per heavy atom. The molecule has 514 valence electrons. The fourth-order valence-corrected chi connectivity index (χ4v) is 11.2. The molecule has 0 radical (unpaired) electrons. The summed E-state index contributed by atoms with van der Waals surface area (Å²) in [6.45, 7) is 10.8. The molecule has 5 aliphatic heterocycles. The van der Waals surface area contributed by atoms with E-state index in [1.54, 1.807) is 7.11 Å². The van der Waals surface area contributed by atoms with E-state index < -0.39 is 0 Å². The fraction of sp³-hybridized carbons (Fsp3) is 0.522. The fourth-order valence-electron chi connectivity index (χ4n) is 11.2. The lowest BCUT2D eigenvalue weighted by atomic mass is 10.1. The summed E-state index contributed by atoms with van der Waals surface area (Å²) in [6, 6.07) is 14.9. The van der Waals surface area contributed by atoms with Gasteiger partial charge in [0.1, 0.15) is 62.2 Å². The number of aromatic nitrogens is 8. The lowest BCUT2D eigenvalue weighted by Gasteiger charge is -2.15. The number of fused-ring (bicyclic) bond motifs is 23. The minimum absolute atomic E-state index is 0.180. The highest BCUT2D eigenvalue weighted by atomic mass is 16.6. The van der Waals surface area contributed by atoms with Crippen LogP contribution in [0.15, 0.2) is 48.5 Å². The van der Waals surface area contributed by atoms with E-state index in [-0.39, 0.29) is 76.3 Å². The number of H-pyrrole nitrogens is 2. The molecule has 27 heteroatoms. The predicted octanol–water partition coefficient (Wildman–Crippen LogP) is 9.40. The number of nitrogens with zero attached hydrogens (tertiary/aromatic N) is 6. The molecule has 27 nitrogen and oxygen atoms in total. The molecule has 8 bridgehead atoms. The summed E-state index contributed by atoms with van der Waals surface area (Å²) in [5, 5.41) is 2.48. The van der Waals surface area contributed by atoms with Gasteiger partial charge in [0.2, 0.25) is 0 Å². The molecule has 0 saturated carbocycles. The van der Waals surface area contributed by atoms with Crippen molar-refractivity contribution >= 4 is 50.1 Å². The zero-order chi connectivity index (χ0) is 65.5.